The van der Waals surface area contributed by atoms with Crippen molar-refractivity contribution in [1.29, 1.82) is 0 Å². The lowest BCUT2D eigenvalue weighted by molar-refractivity contribution is -0.119. The maximum atomic E-state index is 12.2. The van der Waals surface area contributed by atoms with Gasteiger partial charge in [0.1, 0.15) is 6.54 Å². The van der Waals surface area contributed by atoms with Crippen LogP contribution in [0.3, 0.4) is 0 Å². The average Bonchev–Trinajstić information content (AvgIpc) is 2.61. The van der Waals surface area contributed by atoms with Gasteiger partial charge in [0, 0.05) is 21.6 Å². The van der Waals surface area contributed by atoms with E-state index < -0.39 is 10.0 Å². The molecular formula is C19H23IN2O3S2. The van der Waals surface area contributed by atoms with Gasteiger partial charge in [-0.05, 0) is 64.9 Å². The highest BCUT2D eigenvalue weighted by Gasteiger charge is 2.20. The number of nitrogens with one attached hydrogen (secondary N) is 1. The lowest BCUT2D eigenvalue weighted by Gasteiger charge is -2.22. The molecule has 146 valence electrons. The van der Waals surface area contributed by atoms with Gasteiger partial charge in [-0.1, -0.05) is 24.3 Å². The van der Waals surface area contributed by atoms with Crippen LogP contribution in [0.25, 0.3) is 0 Å². The van der Waals surface area contributed by atoms with Crippen LogP contribution in [-0.2, 0) is 20.6 Å². The molecule has 2 aromatic rings. The van der Waals surface area contributed by atoms with Crippen LogP contribution in [0.5, 0.6) is 0 Å². The number of aryl methyl sites for hydroxylation is 1. The van der Waals surface area contributed by atoms with Crippen molar-refractivity contribution < 1.29 is 13.2 Å². The molecule has 0 aliphatic carbocycles. The number of sulfonamides is 1. The summed E-state index contributed by atoms with van der Waals surface area (Å²) in [7, 11) is -3.54. The largest absolute Gasteiger partial charge is 0.354 e. The lowest BCUT2D eigenvalue weighted by atomic mass is 10.1. The molecule has 1 amide bonds. The first kappa shape index (κ1) is 22.0. The van der Waals surface area contributed by atoms with Crippen LogP contribution in [0.4, 0.5) is 5.69 Å². The van der Waals surface area contributed by atoms with Gasteiger partial charge in [-0.2, -0.15) is 11.8 Å². The van der Waals surface area contributed by atoms with Gasteiger partial charge in [-0.25, -0.2) is 8.42 Å². The number of carbonyl (C=O) groups excluding carboxylic acids is 1. The van der Waals surface area contributed by atoms with Crippen molar-refractivity contribution in [3.05, 3.63) is 63.2 Å². The van der Waals surface area contributed by atoms with Crippen LogP contribution in [0.1, 0.15) is 11.1 Å². The summed E-state index contributed by atoms with van der Waals surface area (Å²) < 4.78 is 26.2. The van der Waals surface area contributed by atoms with E-state index in [1.165, 1.54) is 11.1 Å². The van der Waals surface area contributed by atoms with Crippen molar-refractivity contribution in [3.63, 3.8) is 0 Å². The van der Waals surface area contributed by atoms with Crippen LogP contribution < -0.4 is 9.62 Å². The van der Waals surface area contributed by atoms with Crippen LogP contribution in [0.15, 0.2) is 48.5 Å². The van der Waals surface area contributed by atoms with Crippen molar-refractivity contribution >= 4 is 56.0 Å². The summed E-state index contributed by atoms with van der Waals surface area (Å²) in [5, 5.41) is 2.80. The number of thioether (sulfide) groups is 1. The molecule has 5 nitrogen and oxygen atoms in total. The van der Waals surface area contributed by atoms with Gasteiger partial charge in [0.25, 0.3) is 0 Å². The number of anilines is 1. The minimum Gasteiger partial charge on any atom is -0.354 e. The number of amides is 1. The minimum atomic E-state index is -3.54. The molecule has 0 bridgehead atoms. The summed E-state index contributed by atoms with van der Waals surface area (Å²) >= 11 is 3.89. The summed E-state index contributed by atoms with van der Waals surface area (Å²) in [6, 6.07) is 15.3. The third kappa shape index (κ3) is 7.34. The average molecular weight is 518 g/mol. The Morgan fingerprint density at radius 3 is 2.44 bits per heavy atom. The Kier molecular flexibility index (Phi) is 8.43. The number of benzene rings is 2. The summed E-state index contributed by atoms with van der Waals surface area (Å²) in [6.07, 6.45) is 1.11. The van der Waals surface area contributed by atoms with Crippen LogP contribution in [0, 0.1) is 10.5 Å². The molecule has 0 fully saturated rings. The van der Waals surface area contributed by atoms with Gasteiger partial charge in [0.2, 0.25) is 15.9 Å². The Balaban J connectivity index is 1.82. The van der Waals surface area contributed by atoms with E-state index in [4.69, 9.17) is 0 Å². The highest BCUT2D eigenvalue weighted by atomic mass is 127. The summed E-state index contributed by atoms with van der Waals surface area (Å²) in [6.45, 7) is 2.36. The van der Waals surface area contributed by atoms with Gasteiger partial charge in [-0.15, -0.1) is 0 Å². The molecule has 0 radical (unpaired) electrons. The van der Waals surface area contributed by atoms with Crippen molar-refractivity contribution in [3.8, 4) is 0 Å². The topological polar surface area (TPSA) is 66.5 Å². The summed E-state index contributed by atoms with van der Waals surface area (Å²) in [5.41, 5.74) is 3.04. The Bertz CT molecular complexity index is 871. The number of halogens is 1. The molecule has 0 aliphatic heterocycles. The SMILES string of the molecule is Cc1ccccc1CSCCNC(=O)CN(c1ccc(I)cc1)S(C)(=O)=O. The number of hydrogen-bond acceptors (Lipinski definition) is 4. The fourth-order valence-electron chi connectivity index (χ4n) is 2.41. The fraction of sp³-hybridized carbons (Fsp3) is 0.316. The molecule has 2 rings (SSSR count). The summed E-state index contributed by atoms with van der Waals surface area (Å²) in [5.74, 6) is 1.35. The molecule has 0 unspecified atom stereocenters. The minimum absolute atomic E-state index is 0.220. The first-order valence-corrected chi connectivity index (χ1v) is 12.5. The molecule has 0 saturated carbocycles. The van der Waals surface area contributed by atoms with Gasteiger partial charge >= 0.3 is 0 Å². The van der Waals surface area contributed by atoms with E-state index in [-0.39, 0.29) is 12.5 Å². The number of hydrogen-bond donors (Lipinski definition) is 1. The van der Waals surface area contributed by atoms with E-state index in [1.54, 1.807) is 23.9 Å². The first-order valence-electron chi connectivity index (χ1n) is 8.39. The van der Waals surface area contributed by atoms with E-state index in [2.05, 4.69) is 47.0 Å². The molecule has 2 aromatic carbocycles. The van der Waals surface area contributed by atoms with Crippen molar-refractivity contribution in [2.24, 2.45) is 0 Å². The molecule has 0 saturated heterocycles. The number of carbonyl (C=O) groups is 1. The van der Waals surface area contributed by atoms with Crippen LogP contribution in [0.2, 0.25) is 0 Å². The van der Waals surface area contributed by atoms with E-state index in [9.17, 15) is 13.2 Å². The Labute approximate surface area is 179 Å². The maximum Gasteiger partial charge on any atom is 0.240 e. The first-order chi connectivity index (χ1) is 12.8. The Morgan fingerprint density at radius 2 is 1.81 bits per heavy atom. The monoisotopic (exact) mass is 518 g/mol. The quantitative estimate of drug-likeness (QED) is 0.408. The molecular weight excluding hydrogens is 495 g/mol. The van der Waals surface area contributed by atoms with E-state index in [0.717, 1.165) is 25.6 Å². The zero-order chi connectivity index (χ0) is 19.9. The molecule has 0 heterocycles. The van der Waals surface area contributed by atoms with E-state index in [0.29, 0.717) is 12.2 Å². The predicted octanol–water partition coefficient (Wildman–Crippen LogP) is 3.42. The molecule has 27 heavy (non-hydrogen) atoms. The van der Waals surface area contributed by atoms with Crippen LogP contribution >= 0.6 is 34.4 Å². The fourth-order valence-corrected chi connectivity index (χ4v) is 4.56. The second kappa shape index (κ2) is 10.3. The Morgan fingerprint density at radius 1 is 1.15 bits per heavy atom. The molecule has 0 aromatic heterocycles. The predicted molar refractivity (Wildman–Crippen MR) is 122 cm³/mol. The second-order valence-corrected chi connectivity index (χ2v) is 10.3. The van der Waals surface area contributed by atoms with Gasteiger partial charge in [-0.3, -0.25) is 9.10 Å². The third-order valence-corrected chi connectivity index (χ3v) is 6.76. The van der Waals surface area contributed by atoms with E-state index >= 15 is 0 Å². The van der Waals surface area contributed by atoms with E-state index in [1.807, 2.05) is 24.3 Å². The molecule has 0 spiro atoms. The maximum absolute atomic E-state index is 12.2. The second-order valence-electron chi connectivity index (χ2n) is 6.08. The third-order valence-electron chi connectivity index (χ3n) is 3.89. The zero-order valence-corrected chi connectivity index (χ0v) is 19.1. The van der Waals surface area contributed by atoms with Gasteiger partial charge in [0.15, 0.2) is 0 Å². The number of nitrogens with zero attached hydrogens (tertiary/aromatic N) is 1. The smallest absolute Gasteiger partial charge is 0.240 e. The summed E-state index contributed by atoms with van der Waals surface area (Å²) in [4.78, 5) is 12.2. The molecule has 0 aliphatic rings. The number of rotatable bonds is 9. The normalized spacial score (nSPS) is 11.2. The highest BCUT2D eigenvalue weighted by molar-refractivity contribution is 14.1. The Hall–Kier alpha value is -1.26. The van der Waals surface area contributed by atoms with Gasteiger partial charge in [0.05, 0.1) is 11.9 Å². The molecule has 1 N–H and O–H groups in total. The van der Waals surface area contributed by atoms with Crippen molar-refractivity contribution in [1.82, 2.24) is 5.32 Å². The highest BCUT2D eigenvalue weighted by Crippen LogP contribution is 2.19. The molecule has 8 heteroatoms. The standard InChI is InChI=1S/C19H23IN2O3S2/c1-15-5-3-4-6-16(15)14-26-12-11-21-19(23)13-22(27(2,24)25)18-9-7-17(20)8-10-18/h3-10H,11-14H2,1-2H3,(H,21,23). The van der Waals surface area contributed by atoms with Crippen LogP contribution in [-0.4, -0.2) is 39.4 Å². The van der Waals surface area contributed by atoms with Crippen molar-refractivity contribution in [2.45, 2.75) is 12.7 Å². The van der Waals surface area contributed by atoms with Crippen molar-refractivity contribution in [2.75, 3.05) is 29.4 Å². The molecule has 0 atom stereocenters. The van der Waals surface area contributed by atoms with Gasteiger partial charge < -0.3 is 5.32 Å². The lowest BCUT2D eigenvalue weighted by Crippen LogP contribution is -2.41. The zero-order valence-electron chi connectivity index (χ0n) is 15.3.